The summed E-state index contributed by atoms with van der Waals surface area (Å²) >= 11 is 0. The zero-order valence-corrected chi connectivity index (χ0v) is 12.7. The van der Waals surface area contributed by atoms with Gasteiger partial charge in [-0.15, -0.1) is 0 Å². The Bertz CT molecular complexity index is 421. The van der Waals surface area contributed by atoms with Gasteiger partial charge in [-0.2, -0.15) is 0 Å². The molecule has 0 amide bonds. The van der Waals surface area contributed by atoms with E-state index in [1.54, 1.807) is 18.5 Å². The van der Waals surface area contributed by atoms with E-state index in [9.17, 15) is 4.79 Å². The predicted molar refractivity (Wildman–Crippen MR) is 77.6 cm³/mol. The topological polar surface area (TPSA) is 39.2 Å². The van der Waals surface area contributed by atoms with Crippen molar-refractivity contribution in [2.24, 2.45) is 11.3 Å². The van der Waals surface area contributed by atoms with E-state index < -0.39 is 0 Å². The average Bonchev–Trinajstić information content (AvgIpc) is 2.35. The van der Waals surface area contributed by atoms with Crippen molar-refractivity contribution in [1.82, 2.24) is 4.98 Å². The Kier molecular flexibility index (Phi) is 5.52. The Hall–Kier alpha value is -1.38. The van der Waals surface area contributed by atoms with Crippen LogP contribution in [0.1, 0.15) is 57.8 Å². The van der Waals surface area contributed by atoms with E-state index in [2.05, 4.69) is 32.7 Å². The first-order valence-electron chi connectivity index (χ1n) is 6.95. The molecule has 3 nitrogen and oxygen atoms in total. The summed E-state index contributed by atoms with van der Waals surface area (Å²) in [6, 6.07) is 1.79. The normalized spacial score (nSPS) is 13.1. The molecule has 1 unspecified atom stereocenters. The van der Waals surface area contributed by atoms with Crippen LogP contribution in [0.25, 0.3) is 0 Å². The van der Waals surface area contributed by atoms with Crippen LogP contribution < -0.4 is 4.74 Å². The third kappa shape index (κ3) is 5.01. The van der Waals surface area contributed by atoms with Gasteiger partial charge in [-0.3, -0.25) is 9.78 Å². The summed E-state index contributed by atoms with van der Waals surface area (Å²) in [5.74, 6) is 1.15. The smallest absolute Gasteiger partial charge is 0.164 e. The van der Waals surface area contributed by atoms with Gasteiger partial charge < -0.3 is 4.74 Å². The molecule has 1 heterocycles. The number of rotatable bonds is 6. The van der Waals surface area contributed by atoms with Crippen LogP contribution in [0, 0.1) is 11.3 Å². The molecule has 0 fully saturated rings. The first-order chi connectivity index (χ1) is 8.84. The zero-order chi connectivity index (χ0) is 14.5. The molecular formula is C16H25NO2. The Balaban J connectivity index is 2.72. The quantitative estimate of drug-likeness (QED) is 0.724. The second-order valence-electron chi connectivity index (χ2n) is 6.15. The minimum Gasteiger partial charge on any atom is -0.492 e. The maximum absolute atomic E-state index is 12.2. The fourth-order valence-electron chi connectivity index (χ4n) is 1.57. The van der Waals surface area contributed by atoms with E-state index in [0.717, 1.165) is 6.42 Å². The largest absolute Gasteiger partial charge is 0.492 e. The molecule has 0 N–H and O–H groups in total. The highest BCUT2D eigenvalue weighted by atomic mass is 16.5. The van der Waals surface area contributed by atoms with Crippen molar-refractivity contribution in [1.29, 1.82) is 0 Å². The first-order valence-corrected chi connectivity index (χ1v) is 6.95. The fourth-order valence-corrected chi connectivity index (χ4v) is 1.57. The number of carbonyl (C=O) groups excluding carboxylic acids is 1. The Labute approximate surface area is 116 Å². The summed E-state index contributed by atoms with van der Waals surface area (Å²) in [7, 11) is 0. The third-order valence-electron chi connectivity index (χ3n) is 3.48. The molecule has 1 aromatic rings. The van der Waals surface area contributed by atoms with Gasteiger partial charge >= 0.3 is 0 Å². The monoisotopic (exact) mass is 263 g/mol. The van der Waals surface area contributed by atoms with Crippen molar-refractivity contribution in [2.45, 2.75) is 47.5 Å². The molecule has 0 aliphatic carbocycles. The van der Waals surface area contributed by atoms with Gasteiger partial charge in [0.1, 0.15) is 5.75 Å². The lowest BCUT2D eigenvalue weighted by molar-refractivity contribution is 0.0926. The molecule has 1 rings (SSSR count). The summed E-state index contributed by atoms with van der Waals surface area (Å²) in [6.07, 6.45) is 4.76. The van der Waals surface area contributed by atoms with Gasteiger partial charge in [0.15, 0.2) is 5.78 Å². The molecule has 0 aromatic carbocycles. The van der Waals surface area contributed by atoms with Crippen molar-refractivity contribution < 1.29 is 9.53 Å². The molecule has 0 bridgehead atoms. The number of aromatic nitrogens is 1. The molecule has 3 heteroatoms. The molecule has 19 heavy (non-hydrogen) atoms. The highest BCUT2D eigenvalue weighted by Gasteiger charge is 2.23. The summed E-state index contributed by atoms with van der Waals surface area (Å²) in [5.41, 5.74) is 0.782. The van der Waals surface area contributed by atoms with Gasteiger partial charge in [-0.05, 0) is 23.8 Å². The number of ketones is 1. The van der Waals surface area contributed by atoms with Gasteiger partial charge in [0.2, 0.25) is 0 Å². The standard InChI is InChI=1S/C16H25NO2/c1-6-7-19-14-9-13(10-17-11-14)15(18)8-12(2)16(3,4)5/h9-12H,6-8H2,1-5H3. The molecule has 1 aromatic heterocycles. The summed E-state index contributed by atoms with van der Waals surface area (Å²) < 4.78 is 5.50. The molecule has 106 valence electrons. The number of hydrogen-bond donors (Lipinski definition) is 0. The van der Waals surface area contributed by atoms with E-state index >= 15 is 0 Å². The van der Waals surface area contributed by atoms with Gasteiger partial charge in [-0.1, -0.05) is 34.6 Å². The SMILES string of the molecule is CCCOc1cncc(C(=O)CC(C)C(C)(C)C)c1. The number of carbonyl (C=O) groups is 1. The second-order valence-corrected chi connectivity index (χ2v) is 6.15. The lowest BCUT2D eigenvalue weighted by Crippen LogP contribution is -2.20. The summed E-state index contributed by atoms with van der Waals surface area (Å²) in [5, 5.41) is 0. The van der Waals surface area contributed by atoms with Crippen molar-refractivity contribution in [3.8, 4) is 5.75 Å². The van der Waals surface area contributed by atoms with Crippen molar-refractivity contribution in [2.75, 3.05) is 6.61 Å². The molecule has 1 atom stereocenters. The first kappa shape index (κ1) is 15.7. The van der Waals surface area contributed by atoms with E-state index in [4.69, 9.17) is 4.74 Å². The lowest BCUT2D eigenvalue weighted by Gasteiger charge is -2.26. The number of Topliss-reactive ketones (excluding diaryl/α,β-unsaturated/α-hetero) is 1. The van der Waals surface area contributed by atoms with Crippen LogP contribution in [0.4, 0.5) is 0 Å². The van der Waals surface area contributed by atoms with Gasteiger partial charge in [0, 0.05) is 18.2 Å². The number of pyridine rings is 1. The fraction of sp³-hybridized carbons (Fsp3) is 0.625. The van der Waals surface area contributed by atoms with Crippen LogP contribution in [-0.4, -0.2) is 17.4 Å². The van der Waals surface area contributed by atoms with E-state index in [1.165, 1.54) is 0 Å². The van der Waals surface area contributed by atoms with Crippen LogP contribution in [-0.2, 0) is 0 Å². The second kappa shape index (κ2) is 6.69. The number of hydrogen-bond acceptors (Lipinski definition) is 3. The average molecular weight is 263 g/mol. The van der Waals surface area contributed by atoms with Gasteiger partial charge in [0.05, 0.1) is 12.8 Å². The summed E-state index contributed by atoms with van der Waals surface area (Å²) in [4.78, 5) is 16.3. The van der Waals surface area contributed by atoms with E-state index in [0.29, 0.717) is 30.3 Å². The Morgan fingerprint density at radius 2 is 2.05 bits per heavy atom. The summed E-state index contributed by atoms with van der Waals surface area (Å²) in [6.45, 7) is 11.3. The Morgan fingerprint density at radius 1 is 1.37 bits per heavy atom. The molecule has 0 aliphatic heterocycles. The minimum absolute atomic E-state index is 0.136. The van der Waals surface area contributed by atoms with Crippen LogP contribution >= 0.6 is 0 Å². The van der Waals surface area contributed by atoms with Crippen molar-refractivity contribution in [3.05, 3.63) is 24.0 Å². The highest BCUT2D eigenvalue weighted by molar-refractivity contribution is 5.96. The zero-order valence-electron chi connectivity index (χ0n) is 12.7. The maximum atomic E-state index is 12.2. The molecule has 0 radical (unpaired) electrons. The lowest BCUT2D eigenvalue weighted by atomic mass is 9.79. The van der Waals surface area contributed by atoms with E-state index in [-0.39, 0.29) is 11.2 Å². The van der Waals surface area contributed by atoms with E-state index in [1.807, 2.05) is 6.92 Å². The Morgan fingerprint density at radius 3 is 2.63 bits per heavy atom. The predicted octanol–water partition coefficient (Wildman–Crippen LogP) is 4.13. The van der Waals surface area contributed by atoms with Crippen molar-refractivity contribution >= 4 is 5.78 Å². The van der Waals surface area contributed by atoms with Gasteiger partial charge in [0.25, 0.3) is 0 Å². The minimum atomic E-state index is 0.136. The molecule has 0 aliphatic rings. The third-order valence-corrected chi connectivity index (χ3v) is 3.48. The molecular weight excluding hydrogens is 238 g/mol. The van der Waals surface area contributed by atoms with Crippen LogP contribution in [0.5, 0.6) is 5.75 Å². The highest BCUT2D eigenvalue weighted by Crippen LogP contribution is 2.29. The van der Waals surface area contributed by atoms with Crippen molar-refractivity contribution in [3.63, 3.8) is 0 Å². The molecule has 0 spiro atoms. The van der Waals surface area contributed by atoms with Gasteiger partial charge in [-0.25, -0.2) is 0 Å². The van der Waals surface area contributed by atoms with Crippen LogP contribution in [0.3, 0.4) is 0 Å². The molecule has 0 saturated heterocycles. The van der Waals surface area contributed by atoms with Crippen LogP contribution in [0.15, 0.2) is 18.5 Å². The maximum Gasteiger partial charge on any atom is 0.164 e. The number of ether oxygens (including phenoxy) is 1. The molecule has 0 saturated carbocycles. The number of nitrogens with zero attached hydrogens (tertiary/aromatic N) is 1. The van der Waals surface area contributed by atoms with Crippen LogP contribution in [0.2, 0.25) is 0 Å².